The molecule has 1 N–H and O–H groups in total. The Morgan fingerprint density at radius 2 is 2.00 bits per heavy atom. The average molecular weight is 476 g/mol. The highest BCUT2D eigenvalue weighted by Gasteiger charge is 2.35. The molecule has 1 aromatic heterocycles. The minimum Gasteiger partial charge on any atom is -0.491 e. The number of hydrogen-bond acceptors (Lipinski definition) is 4. The normalized spacial score (nSPS) is 17.8. The number of fused-ring (bicyclic) bond motifs is 1. The van der Waals surface area contributed by atoms with Gasteiger partial charge in [-0.15, -0.1) is 11.3 Å². The Kier molecular flexibility index (Phi) is 7.26. The first kappa shape index (κ1) is 22.9. The third-order valence-corrected chi connectivity index (χ3v) is 7.09. The maximum absolute atomic E-state index is 13.4. The van der Waals surface area contributed by atoms with Gasteiger partial charge in [-0.2, -0.15) is 0 Å². The summed E-state index contributed by atoms with van der Waals surface area (Å²) in [6, 6.07) is 9.02. The minimum absolute atomic E-state index is 0.0307. The zero-order chi connectivity index (χ0) is 22.7. The van der Waals surface area contributed by atoms with Crippen molar-refractivity contribution in [1.82, 2.24) is 15.1 Å². The molecule has 2 aromatic rings. The van der Waals surface area contributed by atoms with Crippen molar-refractivity contribution < 1.29 is 14.3 Å². The second-order valence-electron chi connectivity index (χ2n) is 8.85. The molecule has 1 aliphatic carbocycles. The summed E-state index contributed by atoms with van der Waals surface area (Å²) in [6.45, 7) is 5.57. The van der Waals surface area contributed by atoms with Crippen molar-refractivity contribution in [2.45, 2.75) is 45.2 Å². The lowest BCUT2D eigenvalue weighted by Gasteiger charge is -2.37. The Morgan fingerprint density at radius 1 is 1.25 bits per heavy atom. The summed E-state index contributed by atoms with van der Waals surface area (Å²) < 4.78 is 6.05. The van der Waals surface area contributed by atoms with Crippen LogP contribution in [-0.2, 0) is 11.2 Å². The molecule has 2 heterocycles. The van der Waals surface area contributed by atoms with E-state index in [1.807, 2.05) is 30.9 Å². The predicted octanol–water partition coefficient (Wildman–Crippen LogP) is 4.74. The Morgan fingerprint density at radius 3 is 2.69 bits per heavy atom. The zero-order valence-electron chi connectivity index (χ0n) is 18.6. The third kappa shape index (κ3) is 5.75. The van der Waals surface area contributed by atoms with Gasteiger partial charge in [0.05, 0.1) is 6.04 Å². The van der Waals surface area contributed by atoms with E-state index in [4.69, 9.17) is 16.3 Å². The number of ether oxygens (including phenoxy) is 1. The van der Waals surface area contributed by atoms with Gasteiger partial charge in [0.15, 0.2) is 0 Å². The molecule has 0 unspecified atom stereocenters. The van der Waals surface area contributed by atoms with Gasteiger partial charge in [0, 0.05) is 29.0 Å². The molecule has 32 heavy (non-hydrogen) atoms. The molecule has 0 bridgehead atoms. The van der Waals surface area contributed by atoms with E-state index in [0.29, 0.717) is 30.6 Å². The van der Waals surface area contributed by atoms with Crippen LogP contribution in [0.1, 0.15) is 43.2 Å². The molecule has 0 saturated heterocycles. The highest BCUT2D eigenvalue weighted by atomic mass is 35.5. The van der Waals surface area contributed by atoms with Gasteiger partial charge in [0.25, 0.3) is 0 Å². The van der Waals surface area contributed by atoms with Crippen molar-refractivity contribution in [2.75, 3.05) is 26.2 Å². The molecule has 1 atom stereocenters. The first-order valence-corrected chi connectivity index (χ1v) is 12.5. The summed E-state index contributed by atoms with van der Waals surface area (Å²) in [5.74, 6) is 1.19. The van der Waals surface area contributed by atoms with Crippen LogP contribution in [0.15, 0.2) is 35.7 Å². The van der Waals surface area contributed by atoms with E-state index in [9.17, 15) is 9.59 Å². The second-order valence-corrected chi connectivity index (χ2v) is 10.3. The average Bonchev–Trinajstić information content (AvgIpc) is 3.44. The molecule has 0 spiro atoms. The molecule has 1 fully saturated rings. The number of nitrogens with one attached hydrogen (secondary N) is 1. The van der Waals surface area contributed by atoms with Gasteiger partial charge in [0.1, 0.15) is 18.9 Å². The summed E-state index contributed by atoms with van der Waals surface area (Å²) in [6.07, 6.45) is 3.08. The van der Waals surface area contributed by atoms with Crippen molar-refractivity contribution in [3.63, 3.8) is 0 Å². The van der Waals surface area contributed by atoms with E-state index in [0.717, 1.165) is 30.6 Å². The number of amides is 3. The SMILES string of the molecule is CC(C)NC(=O)N(CC(=O)N1CCc2sccc2[C@H]1COc1ccc(Cl)cc1)CC1CC1. The van der Waals surface area contributed by atoms with Crippen LogP contribution in [-0.4, -0.2) is 54.0 Å². The molecule has 172 valence electrons. The van der Waals surface area contributed by atoms with Crippen molar-refractivity contribution in [3.8, 4) is 5.75 Å². The highest BCUT2D eigenvalue weighted by Crippen LogP contribution is 2.34. The molecule has 4 rings (SSSR count). The largest absolute Gasteiger partial charge is 0.491 e. The number of urea groups is 1. The van der Waals surface area contributed by atoms with Crippen LogP contribution in [0.4, 0.5) is 4.79 Å². The Balaban J connectivity index is 1.48. The van der Waals surface area contributed by atoms with Gasteiger partial charge in [-0.3, -0.25) is 4.79 Å². The minimum atomic E-state index is -0.177. The fourth-order valence-corrected chi connectivity index (χ4v) is 5.06. The molecule has 1 saturated carbocycles. The molecule has 6 nitrogen and oxygen atoms in total. The topological polar surface area (TPSA) is 61.9 Å². The summed E-state index contributed by atoms with van der Waals surface area (Å²) in [5.41, 5.74) is 1.14. The van der Waals surface area contributed by atoms with Gasteiger partial charge in [0.2, 0.25) is 5.91 Å². The predicted molar refractivity (Wildman–Crippen MR) is 127 cm³/mol. The number of benzene rings is 1. The van der Waals surface area contributed by atoms with Crippen LogP contribution in [0.5, 0.6) is 5.75 Å². The van der Waals surface area contributed by atoms with Gasteiger partial charge in [-0.25, -0.2) is 4.79 Å². The summed E-state index contributed by atoms with van der Waals surface area (Å²) in [5, 5.41) is 5.67. The van der Waals surface area contributed by atoms with Crippen molar-refractivity contribution in [3.05, 3.63) is 51.2 Å². The monoisotopic (exact) mass is 475 g/mol. The molecule has 8 heteroatoms. The molecule has 1 aromatic carbocycles. The molecule has 0 radical (unpaired) electrons. The first-order chi connectivity index (χ1) is 15.4. The van der Waals surface area contributed by atoms with Crippen LogP contribution in [0.25, 0.3) is 0 Å². The van der Waals surface area contributed by atoms with Crippen molar-refractivity contribution in [2.24, 2.45) is 5.92 Å². The Bertz CT molecular complexity index is 942. The van der Waals surface area contributed by atoms with Gasteiger partial charge in [-0.1, -0.05) is 11.6 Å². The Hall–Kier alpha value is -2.25. The number of carbonyl (C=O) groups is 2. The van der Waals surface area contributed by atoms with Gasteiger partial charge < -0.3 is 19.9 Å². The first-order valence-electron chi connectivity index (χ1n) is 11.2. The lowest BCUT2D eigenvalue weighted by Crippen LogP contribution is -2.51. The molecule has 1 aliphatic heterocycles. The third-order valence-electron chi connectivity index (χ3n) is 5.84. The number of hydrogen-bond donors (Lipinski definition) is 1. The Labute approximate surface area is 198 Å². The standard InChI is InChI=1S/C24H30ClN3O3S/c1-16(2)26-24(30)27(13-17-3-4-17)14-23(29)28-11-9-22-20(10-12-32-22)21(28)15-31-19-7-5-18(25)6-8-19/h5-8,10,12,16-17,21H,3-4,9,11,13-15H2,1-2H3,(H,26,30)/t21-/m1/s1. The number of carbonyl (C=O) groups excluding carboxylic acids is 2. The van der Waals surface area contributed by atoms with Crippen LogP contribution in [0, 0.1) is 5.92 Å². The molecule has 2 aliphatic rings. The molecular weight excluding hydrogens is 446 g/mol. The molecule has 3 amide bonds. The maximum atomic E-state index is 13.4. The maximum Gasteiger partial charge on any atom is 0.318 e. The van der Waals surface area contributed by atoms with E-state index in [-0.39, 0.29) is 30.6 Å². The fourth-order valence-electron chi connectivity index (χ4n) is 4.00. The number of nitrogens with zero attached hydrogens (tertiary/aromatic N) is 2. The van der Waals surface area contributed by atoms with E-state index in [1.54, 1.807) is 28.4 Å². The lowest BCUT2D eigenvalue weighted by molar-refractivity contribution is -0.135. The number of rotatable bonds is 8. The van der Waals surface area contributed by atoms with Crippen LogP contribution >= 0.6 is 22.9 Å². The van der Waals surface area contributed by atoms with Gasteiger partial charge >= 0.3 is 6.03 Å². The summed E-state index contributed by atoms with van der Waals surface area (Å²) in [4.78, 5) is 31.0. The quantitative estimate of drug-likeness (QED) is 0.600. The van der Waals surface area contributed by atoms with Crippen LogP contribution in [0.3, 0.4) is 0 Å². The van der Waals surface area contributed by atoms with E-state index >= 15 is 0 Å². The van der Waals surface area contributed by atoms with E-state index in [1.165, 1.54) is 4.88 Å². The number of thiophene rings is 1. The summed E-state index contributed by atoms with van der Waals surface area (Å²) >= 11 is 7.70. The van der Waals surface area contributed by atoms with E-state index < -0.39 is 0 Å². The van der Waals surface area contributed by atoms with E-state index in [2.05, 4.69) is 16.8 Å². The fraction of sp³-hybridized carbons (Fsp3) is 0.500. The zero-order valence-corrected chi connectivity index (χ0v) is 20.1. The van der Waals surface area contributed by atoms with Crippen molar-refractivity contribution in [1.29, 1.82) is 0 Å². The number of halogens is 1. The highest BCUT2D eigenvalue weighted by molar-refractivity contribution is 7.10. The summed E-state index contributed by atoms with van der Waals surface area (Å²) in [7, 11) is 0. The van der Waals surface area contributed by atoms with Gasteiger partial charge in [-0.05, 0) is 80.3 Å². The lowest BCUT2D eigenvalue weighted by atomic mass is 10.0. The van der Waals surface area contributed by atoms with Crippen LogP contribution < -0.4 is 10.1 Å². The smallest absolute Gasteiger partial charge is 0.318 e. The molecular formula is C24H30ClN3O3S. The van der Waals surface area contributed by atoms with Crippen molar-refractivity contribution >= 4 is 34.9 Å². The van der Waals surface area contributed by atoms with Crippen LogP contribution in [0.2, 0.25) is 5.02 Å². The second kappa shape index (κ2) is 10.1.